The van der Waals surface area contributed by atoms with E-state index in [2.05, 4.69) is 65.6 Å². The topological polar surface area (TPSA) is 29.5 Å². The van der Waals surface area contributed by atoms with E-state index in [0.717, 1.165) is 30.4 Å². The second kappa shape index (κ2) is 13.5. The maximum atomic E-state index is 13.8. The van der Waals surface area contributed by atoms with Gasteiger partial charge in [0.2, 0.25) is 0 Å². The number of hydrogen-bond acceptors (Lipinski definition) is 2. The molecule has 1 saturated heterocycles. The molecule has 2 atom stereocenters. The minimum atomic E-state index is -0.556. The molecule has 0 N–H and O–H groups in total. The summed E-state index contributed by atoms with van der Waals surface area (Å²) in [6, 6.07) is 22.3. The van der Waals surface area contributed by atoms with Gasteiger partial charge in [-0.3, -0.25) is 0 Å². The van der Waals surface area contributed by atoms with E-state index in [9.17, 15) is 4.79 Å². The molecule has 2 aliphatic carbocycles. The molecule has 1 aliphatic heterocycles. The summed E-state index contributed by atoms with van der Waals surface area (Å²) in [7, 11) is -0.641. The number of nitrogens with zero attached hydrogens (tertiary/aromatic N) is 1. The molecule has 0 aromatic heterocycles. The molecule has 0 radical (unpaired) electrons. The summed E-state index contributed by atoms with van der Waals surface area (Å²) in [6.45, 7) is 6.92. The largest absolute Gasteiger partial charge is 0.444 e. The maximum Gasteiger partial charge on any atom is 0.410 e. The fourth-order valence-electron chi connectivity index (χ4n) is 7.26. The van der Waals surface area contributed by atoms with E-state index in [0.29, 0.717) is 5.66 Å². The monoisotopic (exact) mass is 565 g/mol. The van der Waals surface area contributed by atoms with E-state index in [1.165, 1.54) is 74.8 Å². The average molecular weight is 566 g/mol. The SMILES string of the molecule is CC(C)(C)OC(=O)N1C[C@H](P(C2CCCCC2)C2CCCCC2)C[C@@H]1CP(c1ccccc1)c1ccccc1. The molecule has 39 heavy (non-hydrogen) atoms. The first-order chi connectivity index (χ1) is 18.9. The van der Waals surface area contributed by atoms with Gasteiger partial charge in [-0.2, -0.15) is 0 Å². The van der Waals surface area contributed by atoms with Gasteiger partial charge in [0.25, 0.3) is 0 Å². The fraction of sp³-hybridized carbons (Fsp3) is 0.618. The number of likely N-dealkylation sites (tertiary alicyclic amines) is 1. The first kappa shape index (κ1) is 29.1. The molecule has 1 heterocycles. The lowest BCUT2D eigenvalue weighted by Crippen LogP contribution is -2.42. The molecule has 0 bridgehead atoms. The van der Waals surface area contributed by atoms with Crippen molar-refractivity contribution in [3.05, 3.63) is 60.7 Å². The number of rotatable bonds is 7. The lowest BCUT2D eigenvalue weighted by molar-refractivity contribution is 0.0242. The van der Waals surface area contributed by atoms with E-state index in [4.69, 9.17) is 4.74 Å². The van der Waals surface area contributed by atoms with Crippen LogP contribution in [-0.4, -0.2) is 52.3 Å². The fourth-order valence-corrected chi connectivity index (χ4v) is 14.4. The zero-order valence-corrected chi connectivity index (χ0v) is 26.2. The molecule has 3 nitrogen and oxygen atoms in total. The lowest BCUT2D eigenvalue weighted by atomic mass is 9.99. The number of benzene rings is 2. The molecular weight excluding hydrogens is 516 g/mol. The molecule has 212 valence electrons. The second-order valence-electron chi connectivity index (χ2n) is 13.0. The van der Waals surface area contributed by atoms with Crippen LogP contribution in [0.5, 0.6) is 0 Å². The normalized spacial score (nSPS) is 23.5. The molecule has 3 fully saturated rings. The van der Waals surface area contributed by atoms with E-state index in [1.807, 2.05) is 20.8 Å². The first-order valence-electron chi connectivity index (χ1n) is 15.5. The Balaban J connectivity index is 1.45. The van der Waals surface area contributed by atoms with Crippen molar-refractivity contribution in [1.29, 1.82) is 0 Å². The van der Waals surface area contributed by atoms with Crippen molar-refractivity contribution >= 4 is 32.5 Å². The van der Waals surface area contributed by atoms with Crippen molar-refractivity contribution in [1.82, 2.24) is 4.90 Å². The molecule has 0 unspecified atom stereocenters. The van der Waals surface area contributed by atoms with Gasteiger partial charge in [0, 0.05) is 12.6 Å². The minimum absolute atomic E-state index is 0.0850. The minimum Gasteiger partial charge on any atom is -0.444 e. The van der Waals surface area contributed by atoms with Crippen LogP contribution >= 0.6 is 15.8 Å². The standard InChI is InChI=1S/C34H49NO2P2/c1-34(2,3)37-33(36)35-25-32(39(30-20-12-6-13-21-30)31-22-14-7-15-23-31)24-27(35)26-38(28-16-8-4-9-17-28)29-18-10-5-11-19-29/h4-5,8-11,16-19,27,30-32H,6-7,12-15,20-26H2,1-3H3/t27-,32-/m1/s1. The van der Waals surface area contributed by atoms with Crippen LogP contribution in [-0.2, 0) is 4.74 Å². The van der Waals surface area contributed by atoms with Gasteiger partial charge in [-0.25, -0.2) is 4.79 Å². The Morgan fingerprint density at radius 2 is 1.26 bits per heavy atom. The summed E-state index contributed by atoms with van der Waals surface area (Å²) >= 11 is 0. The molecule has 0 spiro atoms. The number of amides is 1. The van der Waals surface area contributed by atoms with Crippen LogP contribution in [0.1, 0.15) is 91.4 Å². The van der Waals surface area contributed by atoms with Gasteiger partial charge < -0.3 is 9.64 Å². The van der Waals surface area contributed by atoms with Gasteiger partial charge in [-0.1, -0.05) is 107 Å². The third-order valence-corrected chi connectivity index (χ3v) is 15.5. The summed E-state index contributed by atoms with van der Waals surface area (Å²) in [6.07, 6.45) is 16.3. The smallest absolute Gasteiger partial charge is 0.410 e. The van der Waals surface area contributed by atoms with E-state index in [1.54, 1.807) is 0 Å². The van der Waals surface area contributed by atoms with Crippen LogP contribution in [0.4, 0.5) is 4.79 Å². The predicted octanol–water partition coefficient (Wildman–Crippen LogP) is 8.64. The Morgan fingerprint density at radius 3 is 1.72 bits per heavy atom. The van der Waals surface area contributed by atoms with Gasteiger partial charge in [0.1, 0.15) is 5.60 Å². The molecule has 1 amide bonds. The van der Waals surface area contributed by atoms with Crippen molar-refractivity contribution < 1.29 is 9.53 Å². The summed E-state index contributed by atoms with van der Waals surface area (Å²) in [5.41, 5.74) is 2.00. The first-order valence-corrected chi connectivity index (χ1v) is 18.6. The highest BCUT2D eigenvalue weighted by atomic mass is 31.1. The molecule has 2 saturated carbocycles. The van der Waals surface area contributed by atoms with E-state index in [-0.39, 0.29) is 20.1 Å². The van der Waals surface area contributed by atoms with Crippen LogP contribution in [0, 0.1) is 0 Å². The Morgan fingerprint density at radius 1 is 0.769 bits per heavy atom. The Bertz CT molecular complexity index is 971. The molecule has 2 aromatic rings. The Kier molecular flexibility index (Phi) is 10.1. The third-order valence-electron chi connectivity index (χ3n) is 8.96. The van der Waals surface area contributed by atoms with Crippen LogP contribution in [0.2, 0.25) is 0 Å². The number of ether oxygens (including phenoxy) is 1. The van der Waals surface area contributed by atoms with Crippen LogP contribution in [0.15, 0.2) is 60.7 Å². The van der Waals surface area contributed by atoms with Crippen molar-refractivity contribution in [2.75, 3.05) is 12.7 Å². The van der Waals surface area contributed by atoms with Gasteiger partial charge in [0.15, 0.2) is 0 Å². The second-order valence-corrected chi connectivity index (χ2v) is 18.3. The zero-order chi connectivity index (χ0) is 27.2. The molecule has 2 aromatic carbocycles. The van der Waals surface area contributed by atoms with Gasteiger partial charge in [-0.05, 0) is 94.5 Å². The van der Waals surface area contributed by atoms with Crippen LogP contribution in [0.25, 0.3) is 0 Å². The highest BCUT2D eigenvalue weighted by Gasteiger charge is 2.45. The highest BCUT2D eigenvalue weighted by Crippen LogP contribution is 2.61. The van der Waals surface area contributed by atoms with Crippen molar-refractivity contribution in [3.63, 3.8) is 0 Å². The Hall–Kier alpha value is -1.43. The molecule has 3 aliphatic rings. The van der Waals surface area contributed by atoms with Gasteiger partial charge in [0.05, 0.1) is 0 Å². The molecular formula is C34H49NO2P2. The van der Waals surface area contributed by atoms with Crippen molar-refractivity contribution in [2.24, 2.45) is 0 Å². The maximum absolute atomic E-state index is 13.8. The summed E-state index contributed by atoms with van der Waals surface area (Å²) < 4.78 is 6.07. The van der Waals surface area contributed by atoms with Crippen LogP contribution < -0.4 is 10.6 Å². The van der Waals surface area contributed by atoms with E-state index >= 15 is 0 Å². The predicted molar refractivity (Wildman–Crippen MR) is 170 cm³/mol. The average Bonchev–Trinajstić information content (AvgIpc) is 3.36. The number of carbonyl (C=O) groups excluding carboxylic acids is 1. The van der Waals surface area contributed by atoms with Crippen molar-refractivity contribution in [2.45, 2.75) is 120 Å². The highest BCUT2D eigenvalue weighted by molar-refractivity contribution is 7.73. The quantitative estimate of drug-likeness (QED) is 0.315. The van der Waals surface area contributed by atoms with Crippen molar-refractivity contribution in [3.8, 4) is 0 Å². The Labute approximate surface area is 240 Å². The van der Waals surface area contributed by atoms with E-state index < -0.39 is 13.5 Å². The van der Waals surface area contributed by atoms with Gasteiger partial charge >= 0.3 is 6.09 Å². The summed E-state index contributed by atoms with van der Waals surface area (Å²) in [5, 5.41) is 2.82. The molecule has 5 rings (SSSR count). The summed E-state index contributed by atoms with van der Waals surface area (Å²) in [4.78, 5) is 16.0. The number of carbonyl (C=O) groups is 1. The summed E-state index contributed by atoms with van der Waals surface area (Å²) in [5.74, 6) is 0. The van der Waals surface area contributed by atoms with Gasteiger partial charge in [-0.15, -0.1) is 0 Å². The lowest BCUT2D eigenvalue weighted by Gasteiger charge is -2.42. The third kappa shape index (κ3) is 7.65. The molecule has 5 heteroatoms. The van der Waals surface area contributed by atoms with Crippen LogP contribution in [0.3, 0.4) is 0 Å². The number of hydrogen-bond donors (Lipinski definition) is 0. The zero-order valence-electron chi connectivity index (χ0n) is 24.4.